The van der Waals surface area contributed by atoms with Gasteiger partial charge in [-0.2, -0.15) is 0 Å². The van der Waals surface area contributed by atoms with Crippen molar-refractivity contribution in [2.45, 2.75) is 12.8 Å². The zero-order chi connectivity index (χ0) is 17.5. The van der Waals surface area contributed by atoms with Gasteiger partial charge in [0.15, 0.2) is 0 Å². The Bertz CT molecular complexity index is 1140. The molecule has 0 aromatic heterocycles. The van der Waals surface area contributed by atoms with E-state index in [0.717, 1.165) is 0 Å². The molecule has 0 heteroatoms. The second-order valence-corrected chi connectivity index (χ2v) is 7.06. The van der Waals surface area contributed by atoms with Crippen LogP contribution in [0, 0.1) is 6.92 Å². The fourth-order valence-corrected chi connectivity index (χ4v) is 4.19. The summed E-state index contributed by atoms with van der Waals surface area (Å²) in [6.45, 7) is 2.23. The van der Waals surface area contributed by atoms with Gasteiger partial charge >= 0.3 is 0 Å². The van der Waals surface area contributed by atoms with Crippen molar-refractivity contribution in [2.75, 3.05) is 0 Å². The molecule has 0 aliphatic heterocycles. The van der Waals surface area contributed by atoms with E-state index in [4.69, 9.17) is 0 Å². The summed E-state index contributed by atoms with van der Waals surface area (Å²) >= 11 is 0. The van der Waals surface area contributed by atoms with Gasteiger partial charge in [0, 0.05) is 5.92 Å². The van der Waals surface area contributed by atoms with Gasteiger partial charge in [-0.3, -0.25) is 0 Å². The monoisotopic (exact) mass is 332 g/mol. The maximum Gasteiger partial charge on any atom is 0.0281 e. The minimum absolute atomic E-state index is 0.368. The van der Waals surface area contributed by atoms with Gasteiger partial charge in [-0.25, -0.2) is 0 Å². The Morgan fingerprint density at radius 3 is 2.42 bits per heavy atom. The molecule has 0 N–H and O–H groups in total. The van der Waals surface area contributed by atoms with Crippen molar-refractivity contribution in [3.63, 3.8) is 0 Å². The topological polar surface area (TPSA) is 0 Å². The molecule has 1 atom stereocenters. The zero-order valence-electron chi connectivity index (χ0n) is 14.8. The summed E-state index contributed by atoms with van der Waals surface area (Å²) in [7, 11) is 0. The molecule has 0 heterocycles. The first-order valence-corrected chi connectivity index (χ1v) is 9.17. The van der Waals surface area contributed by atoms with Crippen LogP contribution in [0.2, 0.25) is 0 Å². The molecule has 26 heavy (non-hydrogen) atoms. The summed E-state index contributed by atoms with van der Waals surface area (Å²) in [6, 6.07) is 30.8. The highest BCUT2D eigenvalue weighted by molar-refractivity contribution is 5.96. The minimum atomic E-state index is 0.368. The number of benzene rings is 4. The average molecular weight is 332 g/mol. The van der Waals surface area contributed by atoms with Crippen molar-refractivity contribution in [3.8, 4) is 11.1 Å². The molecular formula is C26H20. The summed E-state index contributed by atoms with van der Waals surface area (Å²) in [6.07, 6.45) is 4.57. The van der Waals surface area contributed by atoms with E-state index < -0.39 is 0 Å². The normalized spacial score (nSPS) is 15.3. The lowest BCUT2D eigenvalue weighted by Gasteiger charge is -2.16. The Hall–Kier alpha value is -3.12. The largest absolute Gasteiger partial charge is 0.0720 e. The molecule has 0 fully saturated rings. The smallest absolute Gasteiger partial charge is 0.0281 e. The quantitative estimate of drug-likeness (QED) is 0.371. The van der Waals surface area contributed by atoms with Crippen LogP contribution >= 0.6 is 0 Å². The first-order valence-electron chi connectivity index (χ1n) is 9.17. The van der Waals surface area contributed by atoms with Gasteiger partial charge in [-0.15, -0.1) is 0 Å². The molecule has 0 amide bonds. The van der Waals surface area contributed by atoms with Gasteiger partial charge in [-0.1, -0.05) is 97.1 Å². The van der Waals surface area contributed by atoms with Crippen LogP contribution in [0.15, 0.2) is 91.0 Å². The van der Waals surface area contributed by atoms with E-state index in [1.54, 1.807) is 0 Å². The average Bonchev–Trinajstić information content (AvgIpc) is 3.11. The summed E-state index contributed by atoms with van der Waals surface area (Å²) in [5.74, 6) is 0.368. The second-order valence-electron chi connectivity index (χ2n) is 7.06. The summed E-state index contributed by atoms with van der Waals surface area (Å²) < 4.78 is 0. The molecule has 124 valence electrons. The van der Waals surface area contributed by atoms with Gasteiger partial charge in [0.2, 0.25) is 0 Å². The van der Waals surface area contributed by atoms with Crippen LogP contribution in [-0.2, 0) is 0 Å². The molecule has 0 radical (unpaired) electrons. The minimum Gasteiger partial charge on any atom is -0.0720 e. The van der Waals surface area contributed by atoms with Crippen molar-refractivity contribution in [1.29, 1.82) is 0 Å². The fourth-order valence-electron chi connectivity index (χ4n) is 4.19. The summed E-state index contributed by atoms with van der Waals surface area (Å²) in [5, 5.41) is 2.60. The van der Waals surface area contributed by atoms with Gasteiger partial charge in [0.05, 0.1) is 0 Å². The third-order valence-electron chi connectivity index (χ3n) is 5.50. The fraction of sp³-hybridized carbons (Fsp3) is 0.0769. The lowest BCUT2D eigenvalue weighted by atomic mass is 9.88. The Kier molecular flexibility index (Phi) is 3.50. The number of fused-ring (bicyclic) bond motifs is 2. The Morgan fingerprint density at radius 1 is 0.692 bits per heavy atom. The predicted molar refractivity (Wildman–Crippen MR) is 111 cm³/mol. The highest BCUT2D eigenvalue weighted by atomic mass is 14.2. The second kappa shape index (κ2) is 6.00. The molecular weight excluding hydrogens is 312 g/mol. The van der Waals surface area contributed by atoms with Crippen LogP contribution in [0.25, 0.3) is 28.0 Å². The Balaban J connectivity index is 1.60. The molecule has 4 aromatic rings. The molecule has 0 nitrogen and oxygen atoms in total. The van der Waals surface area contributed by atoms with E-state index in [1.807, 2.05) is 0 Å². The lowest BCUT2D eigenvalue weighted by Crippen LogP contribution is -1.99. The molecule has 1 unspecified atom stereocenters. The Morgan fingerprint density at radius 2 is 1.50 bits per heavy atom. The summed E-state index contributed by atoms with van der Waals surface area (Å²) in [5.41, 5.74) is 8.10. The van der Waals surface area contributed by atoms with Gasteiger partial charge < -0.3 is 0 Å². The van der Waals surface area contributed by atoms with Crippen molar-refractivity contribution in [1.82, 2.24) is 0 Å². The van der Waals surface area contributed by atoms with Crippen LogP contribution < -0.4 is 0 Å². The maximum atomic E-state index is 2.34. The first-order chi connectivity index (χ1) is 12.8. The van der Waals surface area contributed by atoms with Gasteiger partial charge in [0.1, 0.15) is 0 Å². The van der Waals surface area contributed by atoms with E-state index >= 15 is 0 Å². The van der Waals surface area contributed by atoms with Gasteiger partial charge in [0.25, 0.3) is 0 Å². The molecule has 0 bridgehead atoms. The van der Waals surface area contributed by atoms with Crippen molar-refractivity contribution in [3.05, 3.63) is 113 Å². The zero-order valence-corrected chi connectivity index (χ0v) is 14.8. The Labute approximate surface area is 154 Å². The van der Waals surface area contributed by atoms with E-state index in [0.29, 0.717) is 5.92 Å². The number of hydrogen-bond donors (Lipinski definition) is 0. The summed E-state index contributed by atoms with van der Waals surface area (Å²) in [4.78, 5) is 0. The molecule has 5 rings (SSSR count). The molecule has 0 saturated heterocycles. The van der Waals surface area contributed by atoms with Crippen molar-refractivity contribution in [2.24, 2.45) is 0 Å². The number of rotatable bonds is 2. The van der Waals surface area contributed by atoms with Crippen LogP contribution in [0.1, 0.15) is 28.2 Å². The van der Waals surface area contributed by atoms with E-state index in [1.165, 1.54) is 44.2 Å². The highest BCUT2D eigenvalue weighted by Crippen LogP contribution is 2.38. The van der Waals surface area contributed by atoms with E-state index in [9.17, 15) is 0 Å². The standard InChI is InChI=1S/C26H20/c1-18-17-21(25-12-6-9-19-7-2-4-10-23(19)25)14-15-22(18)26-16-13-20-8-3-5-11-24(20)26/h2-17,26H,1H3. The van der Waals surface area contributed by atoms with E-state index in [2.05, 4.69) is 104 Å². The molecule has 4 aromatic carbocycles. The van der Waals surface area contributed by atoms with Gasteiger partial charge in [-0.05, 0) is 51.1 Å². The predicted octanol–water partition coefficient (Wildman–Crippen LogP) is 6.97. The van der Waals surface area contributed by atoms with Crippen molar-refractivity contribution < 1.29 is 0 Å². The number of allylic oxidation sites excluding steroid dienone is 1. The highest BCUT2D eigenvalue weighted by Gasteiger charge is 2.20. The maximum absolute atomic E-state index is 2.34. The number of aryl methyl sites for hydroxylation is 1. The third kappa shape index (κ3) is 2.38. The molecule has 1 aliphatic rings. The molecule has 0 spiro atoms. The SMILES string of the molecule is Cc1cc(-c2cccc3ccccc23)ccc1C1C=Cc2ccccc21. The number of hydrogen-bond acceptors (Lipinski definition) is 0. The van der Waals surface area contributed by atoms with Crippen LogP contribution in [0.5, 0.6) is 0 Å². The van der Waals surface area contributed by atoms with Crippen LogP contribution in [0.3, 0.4) is 0 Å². The first kappa shape index (κ1) is 15.2. The molecule has 1 aliphatic carbocycles. The van der Waals surface area contributed by atoms with Crippen molar-refractivity contribution >= 4 is 16.8 Å². The molecule has 0 saturated carbocycles. The van der Waals surface area contributed by atoms with Crippen LogP contribution in [-0.4, -0.2) is 0 Å². The van der Waals surface area contributed by atoms with Crippen LogP contribution in [0.4, 0.5) is 0 Å². The lowest BCUT2D eigenvalue weighted by molar-refractivity contribution is 1.03. The third-order valence-corrected chi connectivity index (χ3v) is 5.50. The van der Waals surface area contributed by atoms with E-state index in [-0.39, 0.29) is 0 Å².